The molecule has 7 heteroatoms. The lowest BCUT2D eigenvalue weighted by Crippen LogP contribution is -2.23. The van der Waals surface area contributed by atoms with E-state index in [1.54, 1.807) is 12.1 Å². The van der Waals surface area contributed by atoms with Crippen molar-refractivity contribution < 1.29 is 9.53 Å². The number of carbonyl (C=O) groups is 1. The normalized spacial score (nSPS) is 10.3. The molecule has 0 spiro atoms. The lowest BCUT2D eigenvalue weighted by atomic mass is 10.2. The maximum Gasteiger partial charge on any atom is 0.404 e. The number of carbonyl (C=O) groups excluding carboxylic acids is 1. The molecule has 0 radical (unpaired) electrons. The Morgan fingerprint density at radius 3 is 2.59 bits per heavy atom. The van der Waals surface area contributed by atoms with Crippen LogP contribution < -0.4 is 11.1 Å². The molecule has 94 valence electrons. The molecule has 0 heterocycles. The van der Waals surface area contributed by atoms with Crippen molar-refractivity contribution >= 4 is 40.9 Å². The van der Waals surface area contributed by atoms with E-state index in [4.69, 9.17) is 40.5 Å². The van der Waals surface area contributed by atoms with Crippen LogP contribution in [-0.2, 0) is 11.3 Å². The van der Waals surface area contributed by atoms with Gasteiger partial charge in [-0.25, -0.2) is 4.79 Å². The van der Waals surface area contributed by atoms with Crippen LogP contribution in [0.4, 0.5) is 4.79 Å². The van der Waals surface area contributed by atoms with Gasteiger partial charge in [0.2, 0.25) is 0 Å². The highest BCUT2D eigenvalue weighted by Crippen LogP contribution is 2.31. The van der Waals surface area contributed by atoms with Crippen molar-refractivity contribution in [2.75, 3.05) is 13.2 Å². The van der Waals surface area contributed by atoms with Gasteiger partial charge in [-0.2, -0.15) is 0 Å². The molecule has 1 aromatic carbocycles. The van der Waals surface area contributed by atoms with Crippen molar-refractivity contribution in [3.63, 3.8) is 0 Å². The van der Waals surface area contributed by atoms with E-state index in [2.05, 4.69) is 10.1 Å². The number of nitrogens with two attached hydrogens (primary N) is 1. The van der Waals surface area contributed by atoms with Gasteiger partial charge >= 0.3 is 6.09 Å². The average Bonchev–Trinajstić information content (AvgIpc) is 2.27. The maximum atomic E-state index is 10.3. The Morgan fingerprint density at radius 2 is 1.94 bits per heavy atom. The molecule has 17 heavy (non-hydrogen) atoms. The second-order valence-electron chi connectivity index (χ2n) is 3.17. The number of benzene rings is 1. The first-order valence-corrected chi connectivity index (χ1v) is 5.91. The number of hydrogen-bond acceptors (Lipinski definition) is 3. The van der Waals surface area contributed by atoms with E-state index in [1.807, 2.05) is 0 Å². The molecule has 1 aromatic rings. The van der Waals surface area contributed by atoms with Crippen molar-refractivity contribution in [1.29, 1.82) is 0 Å². The molecule has 0 saturated heterocycles. The predicted octanol–water partition coefficient (Wildman–Crippen LogP) is 2.83. The van der Waals surface area contributed by atoms with Crippen LogP contribution in [0.3, 0.4) is 0 Å². The zero-order chi connectivity index (χ0) is 12.8. The number of amides is 1. The van der Waals surface area contributed by atoms with Crippen LogP contribution in [0.2, 0.25) is 15.1 Å². The van der Waals surface area contributed by atoms with E-state index in [0.717, 1.165) is 0 Å². The van der Waals surface area contributed by atoms with Crippen LogP contribution >= 0.6 is 34.8 Å². The lowest BCUT2D eigenvalue weighted by molar-refractivity contribution is 0.157. The first-order valence-electron chi connectivity index (χ1n) is 4.77. The molecular formula is C10H11Cl3N2O2. The monoisotopic (exact) mass is 296 g/mol. The highest BCUT2D eigenvalue weighted by atomic mass is 35.5. The summed E-state index contributed by atoms with van der Waals surface area (Å²) in [7, 11) is 0. The number of primary amides is 1. The van der Waals surface area contributed by atoms with E-state index >= 15 is 0 Å². The summed E-state index contributed by atoms with van der Waals surface area (Å²) >= 11 is 17.8. The minimum absolute atomic E-state index is 0.186. The van der Waals surface area contributed by atoms with Gasteiger partial charge in [-0.3, -0.25) is 0 Å². The van der Waals surface area contributed by atoms with Gasteiger partial charge in [-0.15, -0.1) is 0 Å². The van der Waals surface area contributed by atoms with Crippen molar-refractivity contribution in [3.8, 4) is 0 Å². The molecular weight excluding hydrogens is 286 g/mol. The summed E-state index contributed by atoms with van der Waals surface area (Å²) < 4.78 is 4.55. The molecule has 1 rings (SSSR count). The average molecular weight is 298 g/mol. The Balaban J connectivity index is 2.46. The standard InChI is InChI=1S/C10H11Cl3N2O2/c11-7-1-2-8(12)9(13)6(7)5-15-3-4-17-10(14)16/h1-2,15H,3-5H2,(H2,14,16). The summed E-state index contributed by atoms with van der Waals surface area (Å²) in [4.78, 5) is 10.3. The van der Waals surface area contributed by atoms with Gasteiger partial charge in [0.05, 0.1) is 10.0 Å². The van der Waals surface area contributed by atoms with E-state index < -0.39 is 6.09 Å². The van der Waals surface area contributed by atoms with Crippen LogP contribution in [0.15, 0.2) is 12.1 Å². The quantitative estimate of drug-likeness (QED) is 0.649. The SMILES string of the molecule is NC(=O)OCCNCc1c(Cl)ccc(Cl)c1Cl. The van der Waals surface area contributed by atoms with Gasteiger partial charge in [0.1, 0.15) is 6.61 Å². The van der Waals surface area contributed by atoms with Crippen LogP contribution in [0.25, 0.3) is 0 Å². The van der Waals surface area contributed by atoms with Crippen molar-refractivity contribution in [2.24, 2.45) is 5.73 Å². The van der Waals surface area contributed by atoms with Crippen LogP contribution in [0.1, 0.15) is 5.56 Å². The fraction of sp³-hybridized carbons (Fsp3) is 0.300. The van der Waals surface area contributed by atoms with Gasteiger partial charge < -0.3 is 15.8 Å². The Labute approximate surface area is 114 Å². The summed E-state index contributed by atoms with van der Waals surface area (Å²) in [6.07, 6.45) is -0.800. The van der Waals surface area contributed by atoms with E-state index in [0.29, 0.717) is 33.7 Å². The Morgan fingerprint density at radius 1 is 1.29 bits per heavy atom. The predicted molar refractivity (Wildman–Crippen MR) is 68.7 cm³/mol. The summed E-state index contributed by atoms with van der Waals surface area (Å²) in [5.74, 6) is 0. The minimum atomic E-state index is -0.800. The smallest absolute Gasteiger partial charge is 0.404 e. The van der Waals surface area contributed by atoms with Gasteiger partial charge in [0, 0.05) is 23.7 Å². The topological polar surface area (TPSA) is 64.4 Å². The fourth-order valence-electron chi connectivity index (χ4n) is 1.17. The minimum Gasteiger partial charge on any atom is -0.448 e. The van der Waals surface area contributed by atoms with Crippen molar-refractivity contribution in [2.45, 2.75) is 6.54 Å². The third-order valence-corrected chi connectivity index (χ3v) is 3.16. The zero-order valence-electron chi connectivity index (χ0n) is 8.80. The number of halogens is 3. The maximum absolute atomic E-state index is 10.3. The molecule has 0 atom stereocenters. The Hall–Kier alpha value is -0.680. The van der Waals surface area contributed by atoms with Gasteiger partial charge in [-0.1, -0.05) is 34.8 Å². The van der Waals surface area contributed by atoms with Crippen molar-refractivity contribution in [1.82, 2.24) is 5.32 Å². The lowest BCUT2D eigenvalue weighted by Gasteiger charge is -2.09. The van der Waals surface area contributed by atoms with Crippen LogP contribution in [0.5, 0.6) is 0 Å². The van der Waals surface area contributed by atoms with Gasteiger partial charge in [0.25, 0.3) is 0 Å². The molecule has 1 amide bonds. The van der Waals surface area contributed by atoms with Crippen LogP contribution in [0, 0.1) is 0 Å². The molecule has 0 aromatic heterocycles. The number of rotatable bonds is 5. The molecule has 0 fully saturated rings. The molecule has 0 aliphatic carbocycles. The van der Waals surface area contributed by atoms with Gasteiger partial charge in [0.15, 0.2) is 0 Å². The first kappa shape index (κ1) is 14.4. The second kappa shape index (κ2) is 6.91. The highest BCUT2D eigenvalue weighted by molar-refractivity contribution is 6.44. The largest absolute Gasteiger partial charge is 0.448 e. The van der Waals surface area contributed by atoms with E-state index in [9.17, 15) is 4.79 Å². The molecule has 0 bridgehead atoms. The summed E-state index contributed by atoms with van der Waals surface area (Å²) in [6, 6.07) is 3.30. The Bertz CT molecular complexity index is 413. The third kappa shape index (κ3) is 4.60. The zero-order valence-corrected chi connectivity index (χ0v) is 11.1. The van der Waals surface area contributed by atoms with Gasteiger partial charge in [-0.05, 0) is 12.1 Å². The van der Waals surface area contributed by atoms with E-state index in [-0.39, 0.29) is 6.61 Å². The van der Waals surface area contributed by atoms with E-state index in [1.165, 1.54) is 0 Å². The Kier molecular flexibility index (Phi) is 5.85. The molecule has 0 aliphatic heterocycles. The van der Waals surface area contributed by atoms with Crippen molar-refractivity contribution in [3.05, 3.63) is 32.8 Å². The third-order valence-electron chi connectivity index (χ3n) is 1.96. The van der Waals surface area contributed by atoms with Crippen LogP contribution in [-0.4, -0.2) is 19.2 Å². The number of hydrogen-bond donors (Lipinski definition) is 2. The fourth-order valence-corrected chi connectivity index (χ4v) is 1.85. The summed E-state index contributed by atoms with van der Waals surface area (Å²) in [5, 5.41) is 4.40. The molecule has 0 saturated carbocycles. The molecule has 0 aliphatic rings. The molecule has 0 unspecified atom stereocenters. The first-order chi connectivity index (χ1) is 8.02. The second-order valence-corrected chi connectivity index (χ2v) is 4.36. The molecule has 4 nitrogen and oxygen atoms in total. The number of nitrogens with one attached hydrogen (secondary N) is 1. The summed E-state index contributed by atoms with van der Waals surface area (Å²) in [5.41, 5.74) is 5.51. The molecule has 3 N–H and O–H groups in total. The summed E-state index contributed by atoms with van der Waals surface area (Å²) in [6.45, 7) is 1.06. The number of ether oxygens (including phenoxy) is 1. The highest BCUT2D eigenvalue weighted by Gasteiger charge is 2.08.